The fourth-order valence-corrected chi connectivity index (χ4v) is 2.94. The Morgan fingerprint density at radius 3 is 2.86 bits per heavy atom. The minimum atomic E-state index is -0.922. The van der Waals surface area contributed by atoms with Crippen LogP contribution >= 0.6 is 0 Å². The summed E-state index contributed by atoms with van der Waals surface area (Å²) in [7, 11) is 0. The minimum Gasteiger partial charge on any atom is -0.480 e. The summed E-state index contributed by atoms with van der Waals surface area (Å²) >= 11 is 0. The van der Waals surface area contributed by atoms with Crippen molar-refractivity contribution in [3.05, 3.63) is 29.8 Å². The second kappa shape index (κ2) is 6.48. The van der Waals surface area contributed by atoms with E-state index in [0.29, 0.717) is 19.1 Å². The molecule has 21 heavy (non-hydrogen) atoms. The topological polar surface area (TPSA) is 52.6 Å². The molecule has 0 spiro atoms. The van der Waals surface area contributed by atoms with E-state index in [9.17, 15) is 9.90 Å². The molecule has 0 aromatic heterocycles. The number of rotatable bonds is 6. The van der Waals surface area contributed by atoms with E-state index in [-0.39, 0.29) is 0 Å². The molecule has 2 unspecified atom stereocenters. The summed E-state index contributed by atoms with van der Waals surface area (Å²) in [6.45, 7) is 7.22. The van der Waals surface area contributed by atoms with Gasteiger partial charge in [0.25, 0.3) is 0 Å². The van der Waals surface area contributed by atoms with E-state index in [2.05, 4.69) is 35.3 Å². The van der Waals surface area contributed by atoms with Crippen molar-refractivity contribution in [2.45, 2.75) is 51.6 Å². The fraction of sp³-hybridized carbons (Fsp3) is 0.588. The van der Waals surface area contributed by atoms with Crippen LogP contribution in [0, 0.1) is 0 Å². The molecular weight excluding hydrogens is 264 g/mol. The van der Waals surface area contributed by atoms with Crippen LogP contribution in [0.1, 0.15) is 39.2 Å². The molecule has 116 valence electrons. The highest BCUT2D eigenvalue weighted by molar-refractivity contribution is 5.79. The first-order valence-corrected chi connectivity index (χ1v) is 7.81. The molecule has 1 heterocycles. The van der Waals surface area contributed by atoms with Gasteiger partial charge in [0.2, 0.25) is 0 Å². The van der Waals surface area contributed by atoms with E-state index >= 15 is 0 Å². The maximum Gasteiger partial charge on any atom is 0.325 e. The smallest absolute Gasteiger partial charge is 0.325 e. The van der Waals surface area contributed by atoms with Crippen LogP contribution < -0.4 is 10.2 Å². The van der Waals surface area contributed by atoms with Crippen molar-refractivity contribution in [3.63, 3.8) is 0 Å². The molecule has 0 aliphatic carbocycles. The van der Waals surface area contributed by atoms with Crippen LogP contribution in [0.25, 0.3) is 0 Å². The van der Waals surface area contributed by atoms with Crippen LogP contribution in [0.2, 0.25) is 0 Å². The molecule has 0 saturated heterocycles. The zero-order valence-electron chi connectivity index (χ0n) is 13.2. The highest BCUT2D eigenvalue weighted by atomic mass is 16.4. The second-order valence-electron chi connectivity index (χ2n) is 6.21. The lowest BCUT2D eigenvalue weighted by Gasteiger charge is -2.41. The SMILES string of the molecule is CCCNC(C)(CN1c2ccccc2CCC1C)C(=O)O. The number of benzene rings is 1. The predicted octanol–water partition coefficient (Wildman–Crippen LogP) is 2.67. The van der Waals surface area contributed by atoms with Crippen molar-refractivity contribution in [1.82, 2.24) is 5.32 Å². The van der Waals surface area contributed by atoms with Gasteiger partial charge < -0.3 is 15.3 Å². The van der Waals surface area contributed by atoms with Crippen molar-refractivity contribution in [2.24, 2.45) is 0 Å². The third-order valence-electron chi connectivity index (χ3n) is 4.39. The van der Waals surface area contributed by atoms with E-state index in [1.807, 2.05) is 13.0 Å². The van der Waals surface area contributed by atoms with E-state index in [1.54, 1.807) is 6.92 Å². The van der Waals surface area contributed by atoms with Gasteiger partial charge in [-0.05, 0) is 51.3 Å². The van der Waals surface area contributed by atoms with Gasteiger partial charge in [0.1, 0.15) is 5.54 Å². The lowest BCUT2D eigenvalue weighted by atomic mass is 9.93. The Labute approximate surface area is 127 Å². The monoisotopic (exact) mass is 290 g/mol. The van der Waals surface area contributed by atoms with Gasteiger partial charge in [0.15, 0.2) is 0 Å². The molecule has 1 aliphatic rings. The van der Waals surface area contributed by atoms with Gasteiger partial charge in [-0.15, -0.1) is 0 Å². The standard InChI is InChI=1S/C17H26N2O2/c1-4-11-18-17(3,16(20)21)12-19-13(2)9-10-14-7-5-6-8-15(14)19/h5-8,13,18H,4,9-12H2,1-3H3,(H,20,21). The highest BCUT2D eigenvalue weighted by Gasteiger charge is 2.37. The summed E-state index contributed by atoms with van der Waals surface area (Å²) < 4.78 is 0. The van der Waals surface area contributed by atoms with E-state index in [1.165, 1.54) is 11.3 Å². The zero-order chi connectivity index (χ0) is 15.5. The van der Waals surface area contributed by atoms with Crippen LogP contribution in [0.5, 0.6) is 0 Å². The van der Waals surface area contributed by atoms with Gasteiger partial charge in [0.05, 0.1) is 0 Å². The first-order valence-electron chi connectivity index (χ1n) is 7.81. The average Bonchev–Trinajstić information content (AvgIpc) is 2.48. The Kier molecular flexibility index (Phi) is 4.88. The molecule has 2 N–H and O–H groups in total. The molecule has 0 fully saturated rings. The Morgan fingerprint density at radius 2 is 2.19 bits per heavy atom. The van der Waals surface area contributed by atoms with Crippen LogP contribution in [0.4, 0.5) is 5.69 Å². The maximum absolute atomic E-state index is 11.7. The van der Waals surface area contributed by atoms with E-state index in [0.717, 1.165) is 19.3 Å². The van der Waals surface area contributed by atoms with E-state index < -0.39 is 11.5 Å². The molecule has 2 atom stereocenters. The number of nitrogens with one attached hydrogen (secondary N) is 1. The van der Waals surface area contributed by atoms with Crippen molar-refractivity contribution in [1.29, 1.82) is 0 Å². The first-order chi connectivity index (χ1) is 9.98. The number of hydrogen-bond acceptors (Lipinski definition) is 3. The summed E-state index contributed by atoms with van der Waals surface area (Å²) in [5.41, 5.74) is 1.58. The lowest BCUT2D eigenvalue weighted by molar-refractivity contribution is -0.143. The first kappa shape index (κ1) is 15.8. The Balaban J connectivity index is 2.25. The Bertz CT molecular complexity index is 503. The number of nitrogens with zero attached hydrogens (tertiary/aromatic N) is 1. The number of carboxylic acid groups (broad SMARTS) is 1. The van der Waals surface area contributed by atoms with Gasteiger partial charge >= 0.3 is 5.97 Å². The molecule has 0 saturated carbocycles. The lowest BCUT2D eigenvalue weighted by Crippen LogP contribution is -2.59. The Morgan fingerprint density at radius 1 is 1.48 bits per heavy atom. The summed E-state index contributed by atoms with van der Waals surface area (Å²) in [5.74, 6) is -0.786. The molecule has 1 aromatic rings. The quantitative estimate of drug-likeness (QED) is 0.846. The number of aliphatic carboxylic acids is 1. The van der Waals surface area contributed by atoms with Crippen LogP contribution in [0.15, 0.2) is 24.3 Å². The molecule has 0 amide bonds. The predicted molar refractivity (Wildman–Crippen MR) is 85.9 cm³/mol. The number of anilines is 1. The van der Waals surface area contributed by atoms with Gasteiger partial charge in [0, 0.05) is 18.3 Å². The molecular formula is C17H26N2O2. The van der Waals surface area contributed by atoms with Gasteiger partial charge in [-0.25, -0.2) is 0 Å². The van der Waals surface area contributed by atoms with Crippen LogP contribution in [-0.2, 0) is 11.2 Å². The fourth-order valence-electron chi connectivity index (χ4n) is 2.94. The summed E-state index contributed by atoms with van der Waals surface area (Å²) in [5, 5.41) is 12.8. The van der Waals surface area contributed by atoms with Gasteiger partial charge in [-0.1, -0.05) is 25.1 Å². The number of carboxylic acids is 1. The molecule has 4 heteroatoms. The molecule has 4 nitrogen and oxygen atoms in total. The summed E-state index contributed by atoms with van der Waals surface area (Å²) in [6, 6.07) is 8.70. The molecule has 2 rings (SSSR count). The molecule has 1 aliphatic heterocycles. The van der Waals surface area contributed by atoms with Crippen molar-refractivity contribution < 1.29 is 9.90 Å². The number of hydrogen-bond donors (Lipinski definition) is 2. The number of para-hydroxylation sites is 1. The Hall–Kier alpha value is -1.55. The normalized spacial score (nSPS) is 20.7. The zero-order valence-corrected chi connectivity index (χ0v) is 13.2. The van der Waals surface area contributed by atoms with Crippen LogP contribution in [-0.4, -0.2) is 35.7 Å². The number of aryl methyl sites for hydroxylation is 1. The van der Waals surface area contributed by atoms with Gasteiger partial charge in [-0.2, -0.15) is 0 Å². The van der Waals surface area contributed by atoms with Gasteiger partial charge in [-0.3, -0.25) is 4.79 Å². The molecule has 0 bridgehead atoms. The highest BCUT2D eigenvalue weighted by Crippen LogP contribution is 2.31. The van der Waals surface area contributed by atoms with Crippen LogP contribution in [0.3, 0.4) is 0 Å². The van der Waals surface area contributed by atoms with E-state index in [4.69, 9.17) is 0 Å². The summed E-state index contributed by atoms with van der Waals surface area (Å²) in [4.78, 5) is 14.0. The van der Waals surface area contributed by atoms with Crippen molar-refractivity contribution in [3.8, 4) is 0 Å². The number of carbonyl (C=O) groups is 1. The average molecular weight is 290 g/mol. The maximum atomic E-state index is 11.7. The third-order valence-corrected chi connectivity index (χ3v) is 4.39. The van der Waals surface area contributed by atoms with Crippen molar-refractivity contribution >= 4 is 11.7 Å². The van der Waals surface area contributed by atoms with Crippen molar-refractivity contribution in [2.75, 3.05) is 18.0 Å². The largest absolute Gasteiger partial charge is 0.480 e. The molecule has 0 radical (unpaired) electrons. The number of fused-ring (bicyclic) bond motifs is 1. The second-order valence-corrected chi connectivity index (χ2v) is 6.21. The summed E-state index contributed by atoms with van der Waals surface area (Å²) in [6.07, 6.45) is 3.06. The minimum absolute atomic E-state index is 0.363. The third kappa shape index (κ3) is 3.38. The molecule has 1 aromatic carbocycles.